The van der Waals surface area contributed by atoms with E-state index in [-0.39, 0.29) is 15.8 Å². The number of rotatable bonds is 6. The van der Waals surface area contributed by atoms with Gasteiger partial charge in [0, 0.05) is 5.56 Å². The molecule has 0 aromatic heterocycles. The highest BCUT2D eigenvalue weighted by atomic mass is 79.9. The minimum atomic E-state index is -4.47. The molecule has 0 aliphatic carbocycles. The number of hydrogen-bond acceptors (Lipinski definition) is 5. The molecule has 26 heavy (non-hydrogen) atoms. The van der Waals surface area contributed by atoms with Gasteiger partial charge in [0.15, 0.2) is 0 Å². The van der Waals surface area contributed by atoms with E-state index in [1.54, 1.807) is 4.72 Å². The van der Waals surface area contributed by atoms with Gasteiger partial charge in [-0.05, 0) is 46.3 Å². The summed E-state index contributed by atoms with van der Waals surface area (Å²) >= 11 is 2.93. The molecule has 11 heteroatoms. The van der Waals surface area contributed by atoms with E-state index in [9.17, 15) is 26.8 Å². The number of amides is 1. The van der Waals surface area contributed by atoms with E-state index in [2.05, 4.69) is 20.7 Å². The summed E-state index contributed by atoms with van der Waals surface area (Å²) in [5.74, 6) is -2.79. The third-order valence-corrected chi connectivity index (χ3v) is 5.05. The molecule has 0 heterocycles. The van der Waals surface area contributed by atoms with Crippen LogP contribution in [0, 0.1) is 0 Å². The van der Waals surface area contributed by atoms with Gasteiger partial charge >= 0.3 is 12.6 Å². The Morgan fingerprint density at radius 3 is 2.38 bits per heavy atom. The Morgan fingerprint density at radius 1 is 1.15 bits per heavy atom. The Balaban J connectivity index is 2.29. The molecule has 0 spiro atoms. The number of carbonyl (C=O) groups excluding carboxylic acids is 1. The van der Waals surface area contributed by atoms with E-state index in [4.69, 9.17) is 5.11 Å². The van der Waals surface area contributed by atoms with Crippen molar-refractivity contribution in [1.29, 1.82) is 0 Å². The monoisotopic (exact) mass is 449 g/mol. The zero-order valence-corrected chi connectivity index (χ0v) is 15.1. The number of alkyl halides is 2. The number of sulfonamides is 1. The highest BCUT2D eigenvalue weighted by molar-refractivity contribution is 9.10. The second kappa shape index (κ2) is 7.79. The van der Waals surface area contributed by atoms with Crippen LogP contribution in [0.5, 0.6) is 5.75 Å². The normalized spacial score (nSPS) is 11.2. The summed E-state index contributed by atoms with van der Waals surface area (Å²) in [6.45, 7) is -3.07. The molecule has 1 amide bonds. The van der Waals surface area contributed by atoms with Crippen molar-refractivity contribution in [3.63, 3.8) is 0 Å². The molecule has 2 rings (SSSR count). The number of carboxylic acid groups (broad SMARTS) is 1. The second-order valence-electron chi connectivity index (χ2n) is 4.76. The predicted octanol–water partition coefficient (Wildman–Crippen LogP) is 2.87. The Hall–Kier alpha value is -2.53. The number of ether oxygens (including phenoxy) is 1. The van der Waals surface area contributed by atoms with Crippen LogP contribution >= 0.6 is 15.9 Å². The van der Waals surface area contributed by atoms with Crippen LogP contribution in [0.2, 0.25) is 0 Å². The number of halogens is 3. The number of aromatic carboxylic acids is 1. The maximum atomic E-state index is 12.3. The van der Waals surface area contributed by atoms with Crippen LogP contribution < -0.4 is 9.46 Å². The molecular weight excluding hydrogens is 440 g/mol. The van der Waals surface area contributed by atoms with Crippen LogP contribution in [0.15, 0.2) is 51.8 Å². The lowest BCUT2D eigenvalue weighted by Gasteiger charge is -2.11. The number of carboxylic acids is 1. The second-order valence-corrected chi connectivity index (χ2v) is 7.26. The van der Waals surface area contributed by atoms with Crippen LogP contribution in [0.4, 0.5) is 8.78 Å². The first kappa shape index (κ1) is 19.8. The largest absolute Gasteiger partial charge is 0.478 e. The molecule has 0 fully saturated rings. The standard InChI is InChI=1S/C15H10BrF2NO6S/c16-10-7-8(5-6-11(10)25-15(17)18)13(20)19-26(23,24)12-4-2-1-3-9(12)14(21)22/h1-7,15H,(H,19,20)(H,21,22). The summed E-state index contributed by atoms with van der Waals surface area (Å²) in [7, 11) is -4.47. The van der Waals surface area contributed by atoms with Gasteiger partial charge in [-0.2, -0.15) is 8.78 Å². The van der Waals surface area contributed by atoms with Crippen LogP contribution in [-0.4, -0.2) is 32.0 Å². The molecule has 0 bridgehead atoms. The Morgan fingerprint density at radius 2 is 1.81 bits per heavy atom. The van der Waals surface area contributed by atoms with Gasteiger partial charge in [0.1, 0.15) is 10.6 Å². The van der Waals surface area contributed by atoms with Crippen LogP contribution in [0.1, 0.15) is 20.7 Å². The summed E-state index contributed by atoms with van der Waals surface area (Å²) in [4.78, 5) is 22.7. The maximum absolute atomic E-state index is 12.3. The SMILES string of the molecule is O=C(NS(=O)(=O)c1ccccc1C(=O)O)c1ccc(OC(F)F)c(Br)c1. The smallest absolute Gasteiger partial charge is 0.387 e. The van der Waals surface area contributed by atoms with Gasteiger partial charge < -0.3 is 9.84 Å². The van der Waals surface area contributed by atoms with Crippen molar-refractivity contribution in [3.8, 4) is 5.75 Å². The molecule has 0 atom stereocenters. The van der Waals surface area contributed by atoms with Crippen molar-refractivity contribution >= 4 is 37.8 Å². The summed E-state index contributed by atoms with van der Waals surface area (Å²) in [5.41, 5.74) is -0.676. The highest BCUT2D eigenvalue weighted by Crippen LogP contribution is 2.27. The predicted molar refractivity (Wildman–Crippen MR) is 88.8 cm³/mol. The highest BCUT2D eigenvalue weighted by Gasteiger charge is 2.24. The molecule has 2 aromatic rings. The first-order valence-electron chi connectivity index (χ1n) is 6.75. The third kappa shape index (κ3) is 4.55. The zero-order valence-electron chi connectivity index (χ0n) is 12.6. The number of benzene rings is 2. The molecular formula is C15H10BrF2NO6S. The summed E-state index contributed by atoms with van der Waals surface area (Å²) in [6.07, 6.45) is 0. The fourth-order valence-electron chi connectivity index (χ4n) is 1.95. The fraction of sp³-hybridized carbons (Fsp3) is 0.0667. The average Bonchev–Trinajstić information content (AvgIpc) is 2.55. The van der Waals surface area contributed by atoms with Gasteiger partial charge in [0.2, 0.25) is 0 Å². The van der Waals surface area contributed by atoms with Crippen molar-refractivity contribution in [2.24, 2.45) is 0 Å². The number of hydrogen-bond donors (Lipinski definition) is 2. The topological polar surface area (TPSA) is 110 Å². The fourth-order valence-corrected chi connectivity index (χ4v) is 3.59. The summed E-state index contributed by atoms with van der Waals surface area (Å²) in [5, 5.41) is 9.06. The molecule has 7 nitrogen and oxygen atoms in total. The van der Waals surface area contributed by atoms with Gasteiger partial charge in [-0.1, -0.05) is 12.1 Å². The molecule has 0 aliphatic heterocycles. The van der Waals surface area contributed by atoms with Gasteiger partial charge in [0.25, 0.3) is 15.9 Å². The van der Waals surface area contributed by atoms with Gasteiger partial charge in [-0.3, -0.25) is 4.79 Å². The first-order chi connectivity index (χ1) is 12.1. The van der Waals surface area contributed by atoms with Crippen LogP contribution in [0.3, 0.4) is 0 Å². The maximum Gasteiger partial charge on any atom is 0.387 e. The van der Waals surface area contributed by atoms with Crippen molar-refractivity contribution in [3.05, 3.63) is 58.1 Å². The average molecular weight is 450 g/mol. The lowest BCUT2D eigenvalue weighted by atomic mass is 10.2. The quantitative estimate of drug-likeness (QED) is 0.701. The van der Waals surface area contributed by atoms with E-state index >= 15 is 0 Å². The van der Waals surface area contributed by atoms with E-state index in [0.29, 0.717) is 0 Å². The molecule has 0 unspecified atom stereocenters. The lowest BCUT2D eigenvalue weighted by molar-refractivity contribution is -0.0503. The summed E-state index contributed by atoms with van der Waals surface area (Å²) in [6, 6.07) is 7.98. The number of nitrogens with one attached hydrogen (secondary N) is 1. The van der Waals surface area contributed by atoms with E-state index in [0.717, 1.165) is 30.3 Å². The van der Waals surface area contributed by atoms with Crippen molar-refractivity contribution < 1.29 is 36.6 Å². The zero-order chi connectivity index (χ0) is 19.5. The number of carbonyl (C=O) groups is 2. The Bertz CT molecular complexity index is 964. The molecule has 138 valence electrons. The van der Waals surface area contributed by atoms with Crippen molar-refractivity contribution in [1.82, 2.24) is 4.72 Å². The van der Waals surface area contributed by atoms with E-state index < -0.39 is 39.0 Å². The van der Waals surface area contributed by atoms with Gasteiger partial charge in [0.05, 0.1) is 10.0 Å². The third-order valence-electron chi connectivity index (χ3n) is 3.04. The van der Waals surface area contributed by atoms with E-state index in [1.165, 1.54) is 12.1 Å². The molecule has 0 saturated heterocycles. The Kier molecular flexibility index (Phi) is 5.93. The van der Waals surface area contributed by atoms with Crippen molar-refractivity contribution in [2.45, 2.75) is 11.5 Å². The van der Waals surface area contributed by atoms with Crippen molar-refractivity contribution in [2.75, 3.05) is 0 Å². The minimum absolute atomic E-state index is 0.00813. The molecule has 0 aliphatic rings. The molecule has 2 N–H and O–H groups in total. The molecule has 0 radical (unpaired) electrons. The first-order valence-corrected chi connectivity index (χ1v) is 9.03. The van der Waals surface area contributed by atoms with Crippen LogP contribution in [0.25, 0.3) is 0 Å². The lowest BCUT2D eigenvalue weighted by Crippen LogP contribution is -2.31. The summed E-state index contributed by atoms with van der Waals surface area (Å²) < 4.78 is 55.0. The van der Waals surface area contributed by atoms with Gasteiger partial charge in [-0.25, -0.2) is 17.9 Å². The minimum Gasteiger partial charge on any atom is -0.478 e. The van der Waals surface area contributed by atoms with E-state index in [1.807, 2.05) is 0 Å². The van der Waals surface area contributed by atoms with Gasteiger partial charge in [-0.15, -0.1) is 0 Å². The molecule has 2 aromatic carbocycles. The Labute approximate surface area is 154 Å². The van der Waals surface area contributed by atoms with Crippen LogP contribution in [-0.2, 0) is 10.0 Å². The molecule has 0 saturated carbocycles.